The Balaban J connectivity index is 1.82. The Morgan fingerprint density at radius 2 is 2.39 bits per heavy atom. The third kappa shape index (κ3) is 2.24. The van der Waals surface area contributed by atoms with Crippen LogP contribution in [0.3, 0.4) is 0 Å². The fraction of sp³-hybridized carbons (Fsp3) is 0.500. The molecule has 0 radical (unpaired) electrons. The van der Waals surface area contributed by atoms with Crippen molar-refractivity contribution in [3.05, 3.63) is 24.0 Å². The molecular weight excluding hydrogens is 266 g/mol. The number of likely N-dealkylation sites (N-methyl/N-ethyl adjacent to an activating group) is 1. The first kappa shape index (κ1) is 12.3. The highest BCUT2D eigenvalue weighted by Crippen LogP contribution is 2.34. The van der Waals surface area contributed by atoms with E-state index in [1.165, 1.54) is 5.75 Å². The van der Waals surface area contributed by atoms with Crippen molar-refractivity contribution < 1.29 is 5.11 Å². The summed E-state index contributed by atoms with van der Waals surface area (Å²) in [7, 11) is 2.15. The largest absolute Gasteiger partial charge is 0.506 e. The molecule has 0 bridgehead atoms. The topological polar surface area (TPSA) is 48.7 Å². The van der Waals surface area contributed by atoms with Crippen molar-refractivity contribution in [2.24, 2.45) is 4.99 Å². The lowest BCUT2D eigenvalue weighted by Crippen LogP contribution is -2.33. The number of rotatable bonds is 2. The predicted molar refractivity (Wildman–Crippen MR) is 77.6 cm³/mol. The van der Waals surface area contributed by atoms with E-state index >= 15 is 0 Å². The molecule has 2 aliphatic rings. The molecule has 1 aromatic heterocycles. The van der Waals surface area contributed by atoms with Gasteiger partial charge in [-0.2, -0.15) is 0 Å². The molecule has 0 amide bonds. The van der Waals surface area contributed by atoms with Gasteiger partial charge < -0.3 is 5.11 Å². The van der Waals surface area contributed by atoms with Crippen molar-refractivity contribution in [3.63, 3.8) is 0 Å². The summed E-state index contributed by atoms with van der Waals surface area (Å²) in [5.41, 5.74) is 0.621. The van der Waals surface area contributed by atoms with Crippen molar-refractivity contribution >= 4 is 28.6 Å². The van der Waals surface area contributed by atoms with Gasteiger partial charge in [0.1, 0.15) is 16.5 Å². The summed E-state index contributed by atoms with van der Waals surface area (Å²) in [5, 5.41) is 11.1. The zero-order chi connectivity index (χ0) is 12.5. The Hall–Kier alpha value is -0.720. The van der Waals surface area contributed by atoms with Gasteiger partial charge in [0.05, 0.1) is 11.4 Å². The fourth-order valence-electron chi connectivity index (χ4n) is 2.20. The first-order valence-electron chi connectivity index (χ1n) is 5.92. The lowest BCUT2D eigenvalue weighted by Gasteiger charge is -2.21. The second-order valence-electron chi connectivity index (χ2n) is 4.43. The smallest absolute Gasteiger partial charge is 0.144 e. The Labute approximate surface area is 115 Å². The Bertz CT molecular complexity index is 480. The molecular formula is C12H15N3OS2. The van der Waals surface area contributed by atoms with E-state index in [1.54, 1.807) is 30.1 Å². The summed E-state index contributed by atoms with van der Waals surface area (Å²) < 4.78 is 0. The van der Waals surface area contributed by atoms with Crippen molar-refractivity contribution in [2.45, 2.75) is 11.4 Å². The molecule has 18 heavy (non-hydrogen) atoms. The molecule has 0 aliphatic carbocycles. The molecule has 0 unspecified atom stereocenters. The maximum absolute atomic E-state index is 9.80. The summed E-state index contributed by atoms with van der Waals surface area (Å²) in [4.78, 5) is 11.3. The number of aromatic nitrogens is 1. The van der Waals surface area contributed by atoms with Crippen molar-refractivity contribution in [1.29, 1.82) is 0 Å². The van der Waals surface area contributed by atoms with Gasteiger partial charge in [0.15, 0.2) is 0 Å². The SMILES string of the molecule is CN1CCS[C@@H]1[C@@H]1CSC(c2ncccc2O)=N1. The number of hydrogen-bond donors (Lipinski definition) is 1. The van der Waals surface area contributed by atoms with Gasteiger partial charge in [-0.3, -0.25) is 14.9 Å². The zero-order valence-electron chi connectivity index (χ0n) is 10.1. The molecule has 1 fully saturated rings. The fourth-order valence-corrected chi connectivity index (χ4v) is 4.79. The minimum absolute atomic E-state index is 0.219. The average Bonchev–Trinajstić information content (AvgIpc) is 2.98. The van der Waals surface area contributed by atoms with Crippen molar-refractivity contribution in [2.75, 3.05) is 25.1 Å². The van der Waals surface area contributed by atoms with Crippen LogP contribution < -0.4 is 0 Å². The van der Waals surface area contributed by atoms with Crippen LogP contribution in [0.5, 0.6) is 5.75 Å². The number of hydrogen-bond acceptors (Lipinski definition) is 6. The molecule has 96 valence electrons. The van der Waals surface area contributed by atoms with Crippen LogP contribution in [0, 0.1) is 0 Å². The third-order valence-corrected chi connectivity index (χ3v) is 5.67. The summed E-state index contributed by atoms with van der Waals surface area (Å²) in [6.07, 6.45) is 1.70. The highest BCUT2D eigenvalue weighted by molar-refractivity contribution is 8.14. The number of pyridine rings is 1. The van der Waals surface area contributed by atoms with E-state index in [1.807, 2.05) is 11.8 Å². The number of thioether (sulfide) groups is 2. The first-order valence-corrected chi connectivity index (χ1v) is 7.96. The van der Waals surface area contributed by atoms with E-state index in [9.17, 15) is 5.11 Å². The number of aromatic hydroxyl groups is 1. The zero-order valence-corrected chi connectivity index (χ0v) is 11.7. The third-order valence-electron chi connectivity index (χ3n) is 3.16. The van der Waals surface area contributed by atoms with E-state index in [2.05, 4.69) is 16.9 Å². The second-order valence-corrected chi connectivity index (χ2v) is 6.66. The maximum Gasteiger partial charge on any atom is 0.144 e. The molecule has 6 heteroatoms. The van der Waals surface area contributed by atoms with E-state index in [-0.39, 0.29) is 5.75 Å². The van der Waals surface area contributed by atoms with Gasteiger partial charge in [0.2, 0.25) is 0 Å². The molecule has 0 aromatic carbocycles. The number of aliphatic imine (C=N–C) groups is 1. The molecule has 1 aromatic rings. The predicted octanol–water partition coefficient (Wildman–Crippen LogP) is 1.65. The normalized spacial score (nSPS) is 28.6. The molecule has 0 spiro atoms. The minimum atomic E-state index is 0.219. The van der Waals surface area contributed by atoms with Crippen LogP contribution in [0.2, 0.25) is 0 Å². The van der Waals surface area contributed by atoms with Gasteiger partial charge in [0, 0.05) is 24.2 Å². The average molecular weight is 281 g/mol. The van der Waals surface area contributed by atoms with E-state index in [4.69, 9.17) is 4.99 Å². The van der Waals surface area contributed by atoms with Gasteiger partial charge in [0.25, 0.3) is 0 Å². The van der Waals surface area contributed by atoms with Crippen LogP contribution in [0.1, 0.15) is 5.69 Å². The van der Waals surface area contributed by atoms with Crippen molar-refractivity contribution in [1.82, 2.24) is 9.88 Å². The Kier molecular flexibility index (Phi) is 3.50. The van der Waals surface area contributed by atoms with Crippen LogP contribution in [0.4, 0.5) is 0 Å². The van der Waals surface area contributed by atoms with E-state index in [0.717, 1.165) is 17.3 Å². The summed E-state index contributed by atoms with van der Waals surface area (Å²) >= 11 is 3.67. The van der Waals surface area contributed by atoms with Crippen LogP contribution in [0.25, 0.3) is 0 Å². The van der Waals surface area contributed by atoms with Crippen LogP contribution in [0.15, 0.2) is 23.3 Å². The molecule has 2 aliphatic heterocycles. The highest BCUT2D eigenvalue weighted by Gasteiger charge is 2.34. The van der Waals surface area contributed by atoms with Gasteiger partial charge in [-0.15, -0.1) is 23.5 Å². The molecule has 3 rings (SSSR count). The van der Waals surface area contributed by atoms with Gasteiger partial charge in [-0.25, -0.2) is 0 Å². The van der Waals surface area contributed by atoms with Crippen LogP contribution >= 0.6 is 23.5 Å². The van der Waals surface area contributed by atoms with Gasteiger partial charge in [-0.1, -0.05) is 0 Å². The van der Waals surface area contributed by atoms with Crippen LogP contribution in [-0.2, 0) is 0 Å². The van der Waals surface area contributed by atoms with E-state index < -0.39 is 0 Å². The lowest BCUT2D eigenvalue weighted by molar-refractivity contribution is 0.328. The highest BCUT2D eigenvalue weighted by atomic mass is 32.2. The first-order chi connectivity index (χ1) is 8.75. The van der Waals surface area contributed by atoms with Crippen molar-refractivity contribution in [3.8, 4) is 5.75 Å². The van der Waals surface area contributed by atoms with Gasteiger partial charge >= 0.3 is 0 Å². The van der Waals surface area contributed by atoms with E-state index in [0.29, 0.717) is 17.1 Å². The lowest BCUT2D eigenvalue weighted by atomic mass is 10.3. The maximum atomic E-state index is 9.80. The molecule has 1 N–H and O–H groups in total. The summed E-state index contributed by atoms with van der Waals surface area (Å²) in [5.74, 6) is 2.38. The second kappa shape index (κ2) is 5.11. The monoisotopic (exact) mass is 281 g/mol. The molecule has 0 saturated carbocycles. The summed E-state index contributed by atoms with van der Waals surface area (Å²) in [6, 6.07) is 3.70. The Morgan fingerprint density at radius 3 is 3.11 bits per heavy atom. The minimum Gasteiger partial charge on any atom is -0.506 e. The Morgan fingerprint density at radius 1 is 1.50 bits per heavy atom. The standard InChI is InChI=1S/C12H15N3OS2/c1-15-5-6-17-12(15)8-7-18-11(14-8)10-9(16)3-2-4-13-10/h2-4,8,12,16H,5-7H2,1H3/t8-,12+/m0/s1. The van der Waals surface area contributed by atoms with Crippen LogP contribution in [-0.4, -0.2) is 56.5 Å². The molecule has 1 saturated heterocycles. The number of nitrogens with zero attached hydrogens (tertiary/aromatic N) is 3. The summed E-state index contributed by atoms with van der Waals surface area (Å²) in [6.45, 7) is 1.14. The molecule has 3 heterocycles. The molecule has 4 nitrogen and oxygen atoms in total. The van der Waals surface area contributed by atoms with Gasteiger partial charge in [-0.05, 0) is 19.2 Å². The quantitative estimate of drug-likeness (QED) is 0.893. The molecule has 2 atom stereocenters.